The molecule has 0 aromatic carbocycles. The monoisotopic (exact) mass is 354 g/mol. The number of nitrogens with one attached hydrogen (secondary N) is 1. The molecule has 2 amide bonds. The zero-order chi connectivity index (χ0) is 18.2. The quantitative estimate of drug-likeness (QED) is 0.630. The van der Waals surface area contributed by atoms with E-state index < -0.39 is 12.0 Å². The Balaban J connectivity index is 1.70. The molecule has 25 heavy (non-hydrogen) atoms. The molecule has 1 unspecified atom stereocenters. The van der Waals surface area contributed by atoms with Gasteiger partial charge in [0.1, 0.15) is 12.3 Å². The van der Waals surface area contributed by atoms with Gasteiger partial charge in [-0.1, -0.05) is 0 Å². The molecule has 8 nitrogen and oxygen atoms in total. The topological polar surface area (TPSA) is 93.2 Å². The molecule has 0 aromatic rings. The molecule has 0 aromatic heterocycles. The number of carboxylic acid groups (broad SMARTS) is 1. The molecule has 2 heterocycles. The Labute approximate surface area is 149 Å². The summed E-state index contributed by atoms with van der Waals surface area (Å²) >= 11 is 0. The number of hydrogen-bond donors (Lipinski definition) is 2. The van der Waals surface area contributed by atoms with E-state index in [1.54, 1.807) is 0 Å². The molecule has 2 fully saturated rings. The number of nitrogens with zero attached hydrogens (tertiary/aromatic N) is 3. The summed E-state index contributed by atoms with van der Waals surface area (Å²) in [6.45, 7) is 5.38. The van der Waals surface area contributed by atoms with E-state index in [4.69, 9.17) is 0 Å². The second-order valence-corrected chi connectivity index (χ2v) is 7.05. The summed E-state index contributed by atoms with van der Waals surface area (Å²) in [6.07, 6.45) is 3.15. The Hall–Kier alpha value is -1.67. The fraction of sp³-hybridized carbons (Fsp3) is 0.824. The molecular formula is C17H30N4O4. The first-order valence-electron chi connectivity index (χ1n) is 9.13. The lowest BCUT2D eigenvalue weighted by atomic mass is 9.95. The van der Waals surface area contributed by atoms with Crippen LogP contribution < -0.4 is 5.32 Å². The summed E-state index contributed by atoms with van der Waals surface area (Å²) in [5, 5.41) is 12.4. The largest absolute Gasteiger partial charge is 0.480 e. The van der Waals surface area contributed by atoms with Crippen LogP contribution in [0.2, 0.25) is 0 Å². The smallest absolute Gasteiger partial charge is 0.320 e. The second-order valence-electron chi connectivity index (χ2n) is 7.05. The van der Waals surface area contributed by atoms with E-state index in [9.17, 15) is 19.5 Å². The van der Waals surface area contributed by atoms with Gasteiger partial charge >= 0.3 is 12.0 Å². The molecule has 2 aliphatic heterocycles. The highest BCUT2D eigenvalue weighted by Gasteiger charge is 2.29. The average molecular weight is 354 g/mol. The lowest BCUT2D eigenvalue weighted by Gasteiger charge is -2.36. The number of piperazine rings is 1. The Morgan fingerprint density at radius 2 is 1.80 bits per heavy atom. The highest BCUT2D eigenvalue weighted by molar-refractivity contribution is 5.74. The molecule has 0 aliphatic carbocycles. The number of carbonyl (C=O) groups excluding carboxylic acids is 2. The van der Waals surface area contributed by atoms with Gasteiger partial charge < -0.3 is 25.0 Å². The Morgan fingerprint density at radius 1 is 1.16 bits per heavy atom. The third-order valence-electron chi connectivity index (χ3n) is 5.27. The summed E-state index contributed by atoms with van der Waals surface area (Å²) in [6, 6.07) is -0.573. The lowest BCUT2D eigenvalue weighted by molar-refractivity contribution is -0.144. The Morgan fingerprint density at radius 3 is 2.36 bits per heavy atom. The minimum atomic E-state index is -0.858. The summed E-state index contributed by atoms with van der Waals surface area (Å²) in [5.74, 6) is -0.475. The van der Waals surface area contributed by atoms with E-state index in [1.807, 2.05) is 9.80 Å². The Kier molecular flexibility index (Phi) is 7.64. The van der Waals surface area contributed by atoms with Crippen molar-refractivity contribution in [2.45, 2.75) is 31.7 Å². The van der Waals surface area contributed by atoms with E-state index in [2.05, 4.69) is 17.3 Å². The van der Waals surface area contributed by atoms with Crippen molar-refractivity contribution in [3.63, 3.8) is 0 Å². The summed E-state index contributed by atoms with van der Waals surface area (Å²) in [4.78, 5) is 40.1. The molecule has 0 radical (unpaired) electrons. The van der Waals surface area contributed by atoms with Crippen molar-refractivity contribution in [2.24, 2.45) is 5.92 Å². The van der Waals surface area contributed by atoms with E-state index in [1.165, 1.54) is 0 Å². The van der Waals surface area contributed by atoms with Crippen LogP contribution in [0.4, 0.5) is 4.79 Å². The molecule has 1 atom stereocenters. The first-order valence-corrected chi connectivity index (χ1v) is 9.13. The van der Waals surface area contributed by atoms with Gasteiger partial charge in [-0.2, -0.15) is 0 Å². The highest BCUT2D eigenvalue weighted by atomic mass is 16.4. The van der Waals surface area contributed by atoms with E-state index >= 15 is 0 Å². The fourth-order valence-electron chi connectivity index (χ4n) is 3.51. The van der Waals surface area contributed by atoms with Gasteiger partial charge in [0.25, 0.3) is 0 Å². The first kappa shape index (κ1) is 19.7. The van der Waals surface area contributed by atoms with Crippen molar-refractivity contribution in [3.05, 3.63) is 0 Å². The van der Waals surface area contributed by atoms with Crippen molar-refractivity contribution in [1.29, 1.82) is 0 Å². The van der Waals surface area contributed by atoms with Gasteiger partial charge in [0, 0.05) is 39.1 Å². The minimum absolute atomic E-state index is 0.00456. The van der Waals surface area contributed by atoms with Crippen LogP contribution in [-0.4, -0.2) is 97.0 Å². The van der Waals surface area contributed by atoms with Crippen LogP contribution in [0.5, 0.6) is 0 Å². The third-order valence-corrected chi connectivity index (χ3v) is 5.27. The molecule has 2 rings (SSSR count). The number of piperidine rings is 1. The van der Waals surface area contributed by atoms with Crippen molar-refractivity contribution < 1.29 is 19.5 Å². The van der Waals surface area contributed by atoms with Crippen LogP contribution in [0, 0.1) is 5.92 Å². The minimum Gasteiger partial charge on any atom is -0.480 e. The van der Waals surface area contributed by atoms with Crippen molar-refractivity contribution in [2.75, 3.05) is 52.9 Å². The normalized spacial score (nSPS) is 21.7. The molecule has 2 saturated heterocycles. The number of likely N-dealkylation sites (tertiary alicyclic amines) is 1. The fourth-order valence-corrected chi connectivity index (χ4v) is 3.51. The van der Waals surface area contributed by atoms with Crippen LogP contribution in [0.1, 0.15) is 25.7 Å². The maximum Gasteiger partial charge on any atom is 0.320 e. The number of likely N-dealkylation sites (N-methyl/N-ethyl adjacent to an activating group) is 1. The third kappa shape index (κ3) is 5.97. The molecule has 0 spiro atoms. The summed E-state index contributed by atoms with van der Waals surface area (Å²) in [7, 11) is 2.06. The van der Waals surface area contributed by atoms with E-state index in [0.29, 0.717) is 32.0 Å². The number of amides is 2. The number of aldehydes is 1. The van der Waals surface area contributed by atoms with E-state index in [-0.39, 0.29) is 12.5 Å². The summed E-state index contributed by atoms with van der Waals surface area (Å²) in [5.41, 5.74) is 0. The van der Waals surface area contributed by atoms with Gasteiger partial charge in [-0.3, -0.25) is 9.69 Å². The van der Waals surface area contributed by atoms with Crippen LogP contribution in [0.3, 0.4) is 0 Å². The number of urea groups is 1. The molecule has 142 valence electrons. The standard InChI is InChI=1S/C17H30N4O4/c1-19-8-10-21(11-9-19)17(25)18-13-14-4-6-20(7-5-14)15(16(23)24)3-2-12-22/h12,14-15H,2-11,13H2,1H3,(H,18,25)(H,23,24). The summed E-state index contributed by atoms with van der Waals surface area (Å²) < 4.78 is 0. The molecule has 0 saturated carbocycles. The predicted molar refractivity (Wildman–Crippen MR) is 93.5 cm³/mol. The maximum absolute atomic E-state index is 12.2. The zero-order valence-corrected chi connectivity index (χ0v) is 15.0. The molecular weight excluding hydrogens is 324 g/mol. The molecule has 0 bridgehead atoms. The van der Waals surface area contributed by atoms with Crippen LogP contribution in [0.15, 0.2) is 0 Å². The molecule has 2 N–H and O–H groups in total. The van der Waals surface area contributed by atoms with Gasteiger partial charge in [-0.25, -0.2) is 4.79 Å². The first-order chi connectivity index (χ1) is 12.0. The van der Waals surface area contributed by atoms with Crippen LogP contribution in [0.25, 0.3) is 0 Å². The van der Waals surface area contributed by atoms with Crippen LogP contribution in [-0.2, 0) is 9.59 Å². The predicted octanol–water partition coefficient (Wildman–Crippen LogP) is 0.0877. The zero-order valence-electron chi connectivity index (χ0n) is 15.0. The number of carboxylic acids is 1. The number of rotatable bonds is 7. The van der Waals surface area contributed by atoms with Gasteiger partial charge in [-0.05, 0) is 45.3 Å². The SMILES string of the molecule is CN1CCN(C(=O)NCC2CCN(C(CCC=O)C(=O)O)CC2)CC1. The lowest BCUT2D eigenvalue weighted by Crippen LogP contribution is -2.52. The number of aliphatic carboxylic acids is 1. The van der Waals surface area contributed by atoms with Gasteiger partial charge in [0.15, 0.2) is 0 Å². The Bertz CT molecular complexity index is 458. The number of carbonyl (C=O) groups is 3. The van der Waals surface area contributed by atoms with Crippen molar-refractivity contribution >= 4 is 18.3 Å². The average Bonchev–Trinajstić information content (AvgIpc) is 2.61. The van der Waals surface area contributed by atoms with Crippen molar-refractivity contribution in [1.82, 2.24) is 20.0 Å². The second kappa shape index (κ2) is 9.72. The van der Waals surface area contributed by atoms with E-state index in [0.717, 1.165) is 45.3 Å². The molecule has 8 heteroatoms. The van der Waals surface area contributed by atoms with Gasteiger partial charge in [0.05, 0.1) is 0 Å². The molecule has 2 aliphatic rings. The number of hydrogen-bond acceptors (Lipinski definition) is 5. The van der Waals surface area contributed by atoms with Crippen molar-refractivity contribution in [3.8, 4) is 0 Å². The van der Waals surface area contributed by atoms with Gasteiger partial charge in [-0.15, -0.1) is 0 Å². The maximum atomic E-state index is 12.2. The van der Waals surface area contributed by atoms with Crippen LogP contribution >= 0.6 is 0 Å². The van der Waals surface area contributed by atoms with Gasteiger partial charge in [0.2, 0.25) is 0 Å². The highest BCUT2D eigenvalue weighted by Crippen LogP contribution is 2.20.